The molecular formula is C10H18NO2Y-. The van der Waals surface area contributed by atoms with Crippen LogP contribution in [0.1, 0.15) is 20.3 Å². The predicted octanol–water partition coefficient (Wildman–Crippen LogP) is 1.05. The minimum absolute atomic E-state index is 0. The Balaban J connectivity index is 0.000000980. The molecule has 0 aromatic rings. The minimum atomic E-state index is -0.383. The zero-order valence-electron chi connectivity index (χ0n) is 9.25. The second-order valence-corrected chi connectivity index (χ2v) is 4.08. The first kappa shape index (κ1) is 13.1. The van der Waals surface area contributed by atoms with Gasteiger partial charge in [-0.15, -0.1) is 6.04 Å². The molecule has 1 atom stereocenters. The Bertz CT molecular complexity index is 195. The van der Waals surface area contributed by atoms with Crippen molar-refractivity contribution < 1.29 is 42.2 Å². The molecule has 2 aliphatic heterocycles. The minimum Gasteiger partial charge on any atom is -0.379 e. The fraction of sp³-hybridized carbons (Fsp3) is 0.900. The van der Waals surface area contributed by atoms with Crippen LogP contribution in [0.4, 0.5) is 0 Å². The average molecular weight is 273 g/mol. The first-order valence-electron chi connectivity index (χ1n) is 4.98. The molecule has 4 heteroatoms. The molecule has 0 N–H and O–H groups in total. The van der Waals surface area contributed by atoms with Gasteiger partial charge in [0.1, 0.15) is 0 Å². The smallest absolute Gasteiger partial charge is 0.0629 e. The maximum atomic E-state index is 5.78. The molecule has 2 saturated heterocycles. The van der Waals surface area contributed by atoms with Crippen LogP contribution >= 0.6 is 0 Å². The van der Waals surface area contributed by atoms with Crippen LogP contribution in [0, 0.1) is 5.92 Å². The second kappa shape index (κ2) is 4.88. The summed E-state index contributed by atoms with van der Waals surface area (Å²) in [5.41, 5.74) is 0. The molecule has 3 nitrogen and oxygen atoms in total. The van der Waals surface area contributed by atoms with Gasteiger partial charge < -0.3 is 14.4 Å². The van der Waals surface area contributed by atoms with Gasteiger partial charge in [0, 0.05) is 52.5 Å². The van der Waals surface area contributed by atoms with Gasteiger partial charge in [-0.25, -0.2) is 5.92 Å². The van der Waals surface area contributed by atoms with Crippen molar-refractivity contribution in [3.05, 3.63) is 5.92 Å². The summed E-state index contributed by atoms with van der Waals surface area (Å²) in [5, 5.41) is 0. The molecule has 0 aliphatic carbocycles. The average Bonchev–Trinajstić information content (AvgIpc) is 2.33. The fourth-order valence-electron chi connectivity index (χ4n) is 2.13. The molecule has 2 aliphatic rings. The van der Waals surface area contributed by atoms with Crippen LogP contribution in [0.2, 0.25) is 0 Å². The fourth-order valence-corrected chi connectivity index (χ4v) is 2.13. The summed E-state index contributed by atoms with van der Waals surface area (Å²) in [7, 11) is 2.12. The Hall–Kier alpha value is 0.984. The van der Waals surface area contributed by atoms with Crippen molar-refractivity contribution in [3.8, 4) is 0 Å². The van der Waals surface area contributed by atoms with Gasteiger partial charge in [0.2, 0.25) is 0 Å². The van der Waals surface area contributed by atoms with E-state index in [2.05, 4.69) is 25.8 Å². The quantitative estimate of drug-likeness (QED) is 0.616. The Kier molecular flexibility index (Phi) is 4.55. The maximum Gasteiger partial charge on any atom is 0.0629 e. The predicted molar refractivity (Wildman–Crippen MR) is 50.3 cm³/mol. The topological polar surface area (TPSA) is 21.7 Å². The van der Waals surface area contributed by atoms with E-state index in [1.54, 1.807) is 0 Å². The molecule has 1 spiro atoms. The Morgan fingerprint density at radius 2 is 1.93 bits per heavy atom. The van der Waals surface area contributed by atoms with Gasteiger partial charge in [0.15, 0.2) is 0 Å². The summed E-state index contributed by atoms with van der Waals surface area (Å²) in [6.45, 7) is 6.88. The number of hydrogen-bond acceptors (Lipinski definition) is 3. The zero-order valence-corrected chi connectivity index (χ0v) is 12.1. The third-order valence-corrected chi connectivity index (χ3v) is 3.31. The van der Waals surface area contributed by atoms with E-state index in [1.165, 1.54) is 5.92 Å². The van der Waals surface area contributed by atoms with Crippen LogP contribution in [-0.2, 0) is 42.2 Å². The van der Waals surface area contributed by atoms with Crippen molar-refractivity contribution in [2.75, 3.05) is 26.8 Å². The Labute approximate surface area is 111 Å². The van der Waals surface area contributed by atoms with Crippen LogP contribution in [0.25, 0.3) is 0 Å². The van der Waals surface area contributed by atoms with Crippen molar-refractivity contribution in [1.82, 2.24) is 4.90 Å². The van der Waals surface area contributed by atoms with Crippen molar-refractivity contribution in [2.24, 2.45) is 0 Å². The van der Waals surface area contributed by atoms with E-state index in [9.17, 15) is 0 Å². The molecule has 1 radical (unpaired) electrons. The number of nitrogens with zero attached hydrogens (tertiary/aromatic N) is 1. The summed E-state index contributed by atoms with van der Waals surface area (Å²) in [5.74, 6) is 0.932. The third-order valence-electron chi connectivity index (χ3n) is 3.31. The number of ether oxygens (including phenoxy) is 2. The van der Waals surface area contributed by atoms with Crippen LogP contribution in [-0.4, -0.2) is 43.5 Å². The van der Waals surface area contributed by atoms with E-state index in [-0.39, 0.29) is 38.5 Å². The van der Waals surface area contributed by atoms with Gasteiger partial charge in [0.25, 0.3) is 0 Å². The molecule has 79 valence electrons. The molecule has 2 heterocycles. The van der Waals surface area contributed by atoms with Crippen molar-refractivity contribution >= 4 is 0 Å². The molecule has 0 saturated carbocycles. The monoisotopic (exact) mass is 273 g/mol. The molecule has 0 aromatic carbocycles. The van der Waals surface area contributed by atoms with Gasteiger partial charge in [-0.3, -0.25) is 0 Å². The van der Waals surface area contributed by atoms with Crippen LogP contribution in [0.5, 0.6) is 0 Å². The zero-order chi connectivity index (χ0) is 9.47. The summed E-state index contributed by atoms with van der Waals surface area (Å²) < 4.78 is 11.6. The summed E-state index contributed by atoms with van der Waals surface area (Å²) in [4.78, 5) is 2.28. The first-order chi connectivity index (χ1) is 6.16. The van der Waals surface area contributed by atoms with Gasteiger partial charge in [-0.1, -0.05) is 6.92 Å². The van der Waals surface area contributed by atoms with Gasteiger partial charge in [0.05, 0.1) is 5.79 Å². The summed E-state index contributed by atoms with van der Waals surface area (Å²) in [6.07, 6.45) is 1.02. The number of likely N-dealkylation sites (N-methyl/N-ethyl adjacent to an activating group) is 1. The normalized spacial score (nSPS) is 33.2. The van der Waals surface area contributed by atoms with E-state index < -0.39 is 0 Å². The summed E-state index contributed by atoms with van der Waals surface area (Å²) in [6, 6.07) is 0.470. The molecule has 0 aromatic heterocycles. The molecular weight excluding hydrogens is 255 g/mol. The maximum absolute atomic E-state index is 5.78. The van der Waals surface area contributed by atoms with E-state index in [0.29, 0.717) is 6.04 Å². The van der Waals surface area contributed by atoms with E-state index in [1.807, 2.05) is 0 Å². The Morgan fingerprint density at radius 3 is 2.36 bits per heavy atom. The molecule has 0 amide bonds. The molecule has 2 fully saturated rings. The molecule has 0 bridgehead atoms. The van der Waals surface area contributed by atoms with E-state index >= 15 is 0 Å². The largest absolute Gasteiger partial charge is 0.379 e. The van der Waals surface area contributed by atoms with Crippen molar-refractivity contribution in [1.29, 1.82) is 0 Å². The standard InChI is InChI=1S/C10H18NO2.Y/c1-8-9(2)11(3)7-10(8)12-5-4-6-13-10;/h9H,4-7H2,1-3H3;/q-1;. The van der Waals surface area contributed by atoms with Crippen LogP contribution < -0.4 is 0 Å². The van der Waals surface area contributed by atoms with E-state index in [0.717, 1.165) is 26.2 Å². The van der Waals surface area contributed by atoms with Gasteiger partial charge in [-0.2, -0.15) is 6.92 Å². The van der Waals surface area contributed by atoms with Crippen molar-refractivity contribution in [2.45, 2.75) is 32.1 Å². The second-order valence-electron chi connectivity index (χ2n) is 4.08. The van der Waals surface area contributed by atoms with Crippen molar-refractivity contribution in [3.63, 3.8) is 0 Å². The summed E-state index contributed by atoms with van der Waals surface area (Å²) >= 11 is 0. The Morgan fingerprint density at radius 1 is 1.36 bits per heavy atom. The SMILES string of the molecule is C[C-]1C(C)N(C)CC12OCCCO2.[Y]. The number of rotatable bonds is 0. The van der Waals surface area contributed by atoms with Gasteiger partial charge in [-0.05, 0) is 13.5 Å². The van der Waals surface area contributed by atoms with E-state index in [4.69, 9.17) is 9.47 Å². The van der Waals surface area contributed by atoms with Crippen LogP contribution in [0.15, 0.2) is 0 Å². The molecule has 14 heavy (non-hydrogen) atoms. The number of hydrogen-bond donors (Lipinski definition) is 0. The molecule has 1 unspecified atom stereocenters. The van der Waals surface area contributed by atoms with Gasteiger partial charge >= 0.3 is 0 Å². The first-order valence-corrected chi connectivity index (χ1v) is 4.98. The van der Waals surface area contributed by atoms with Crippen LogP contribution in [0.3, 0.4) is 0 Å². The number of likely N-dealkylation sites (tertiary alicyclic amines) is 1. The molecule has 2 rings (SSSR count). The third kappa shape index (κ3) is 2.07.